The fourth-order valence-electron chi connectivity index (χ4n) is 4.92. The van der Waals surface area contributed by atoms with Crippen molar-refractivity contribution in [2.45, 2.75) is 58.7 Å². The quantitative estimate of drug-likeness (QED) is 0.373. The number of hydrogen-bond donors (Lipinski definition) is 1. The third-order valence-corrected chi connectivity index (χ3v) is 6.79. The summed E-state index contributed by atoms with van der Waals surface area (Å²) in [4.78, 5) is 55.6. The molecule has 202 valence electrons. The van der Waals surface area contributed by atoms with E-state index in [2.05, 4.69) is 5.32 Å². The van der Waals surface area contributed by atoms with E-state index in [4.69, 9.17) is 0 Å². The molecule has 39 heavy (non-hydrogen) atoms. The van der Waals surface area contributed by atoms with E-state index in [0.717, 1.165) is 16.7 Å². The zero-order valence-corrected chi connectivity index (χ0v) is 22.7. The zero-order chi connectivity index (χ0) is 27.9. The molecule has 0 spiro atoms. The summed E-state index contributed by atoms with van der Waals surface area (Å²) in [6, 6.07) is 23.5. The molecule has 0 bridgehead atoms. The average Bonchev–Trinajstić information content (AvgIpc) is 3.15. The minimum Gasteiger partial charge on any atom is -0.352 e. The molecule has 4 amide bonds. The number of hydrogen-bond acceptors (Lipinski definition) is 4. The number of nitrogens with zero attached hydrogens (tertiary/aromatic N) is 2. The predicted molar refractivity (Wildman–Crippen MR) is 150 cm³/mol. The van der Waals surface area contributed by atoms with Gasteiger partial charge >= 0.3 is 0 Å². The molecule has 1 unspecified atom stereocenters. The van der Waals surface area contributed by atoms with Gasteiger partial charge in [0, 0.05) is 32.0 Å². The SMILES string of the molecule is Cc1cccc(CN(C(=O)CCCN2C(=O)c3ccccc3C2=O)C(Cc2ccccc2)C(=O)NC(C)C)c1. The molecule has 0 saturated carbocycles. The van der Waals surface area contributed by atoms with Crippen molar-refractivity contribution in [2.24, 2.45) is 0 Å². The number of rotatable bonds is 11. The highest BCUT2D eigenvalue weighted by molar-refractivity contribution is 6.21. The Morgan fingerprint density at radius 1 is 0.846 bits per heavy atom. The summed E-state index contributed by atoms with van der Waals surface area (Å²) in [5.41, 5.74) is 3.73. The lowest BCUT2D eigenvalue weighted by Gasteiger charge is -2.32. The van der Waals surface area contributed by atoms with Crippen molar-refractivity contribution in [1.82, 2.24) is 15.1 Å². The van der Waals surface area contributed by atoms with Crippen LogP contribution in [0.2, 0.25) is 0 Å². The van der Waals surface area contributed by atoms with E-state index in [1.807, 2.05) is 75.4 Å². The molecule has 1 heterocycles. The van der Waals surface area contributed by atoms with Crippen LogP contribution >= 0.6 is 0 Å². The summed E-state index contributed by atoms with van der Waals surface area (Å²) in [5.74, 6) is -1.08. The normalized spacial score (nSPS) is 13.4. The van der Waals surface area contributed by atoms with Crippen LogP contribution in [0.4, 0.5) is 0 Å². The van der Waals surface area contributed by atoms with Gasteiger partial charge in [-0.25, -0.2) is 0 Å². The van der Waals surface area contributed by atoms with Gasteiger partial charge in [0.2, 0.25) is 11.8 Å². The number of imide groups is 1. The van der Waals surface area contributed by atoms with Crippen LogP contribution in [0, 0.1) is 6.92 Å². The lowest BCUT2D eigenvalue weighted by molar-refractivity contribution is -0.141. The molecule has 3 aromatic rings. The molecular weight excluding hydrogens is 490 g/mol. The second-order valence-electron chi connectivity index (χ2n) is 10.3. The van der Waals surface area contributed by atoms with Crippen molar-refractivity contribution in [1.29, 1.82) is 0 Å². The first-order valence-electron chi connectivity index (χ1n) is 13.4. The number of fused-ring (bicyclic) bond motifs is 1. The van der Waals surface area contributed by atoms with Crippen LogP contribution < -0.4 is 5.32 Å². The molecule has 1 aliphatic rings. The van der Waals surface area contributed by atoms with E-state index in [0.29, 0.717) is 24.0 Å². The van der Waals surface area contributed by atoms with Crippen molar-refractivity contribution in [3.8, 4) is 0 Å². The Kier molecular flexibility index (Phi) is 8.92. The van der Waals surface area contributed by atoms with Crippen LogP contribution in [0.1, 0.15) is 64.1 Å². The number of nitrogens with one attached hydrogen (secondary N) is 1. The van der Waals surface area contributed by atoms with Crippen molar-refractivity contribution in [2.75, 3.05) is 6.54 Å². The Morgan fingerprint density at radius 3 is 2.08 bits per heavy atom. The third-order valence-electron chi connectivity index (χ3n) is 6.79. The van der Waals surface area contributed by atoms with Gasteiger partial charge in [-0.1, -0.05) is 72.3 Å². The van der Waals surface area contributed by atoms with Crippen LogP contribution in [-0.2, 0) is 22.6 Å². The monoisotopic (exact) mass is 525 g/mol. The maximum absolute atomic E-state index is 13.8. The Morgan fingerprint density at radius 2 is 1.46 bits per heavy atom. The molecule has 1 aliphatic heterocycles. The number of benzene rings is 3. The van der Waals surface area contributed by atoms with Crippen LogP contribution in [0.25, 0.3) is 0 Å². The van der Waals surface area contributed by atoms with E-state index < -0.39 is 6.04 Å². The zero-order valence-electron chi connectivity index (χ0n) is 22.7. The van der Waals surface area contributed by atoms with Crippen molar-refractivity contribution < 1.29 is 19.2 Å². The molecule has 1 N–H and O–H groups in total. The molecule has 3 aromatic carbocycles. The van der Waals surface area contributed by atoms with Crippen molar-refractivity contribution in [3.63, 3.8) is 0 Å². The van der Waals surface area contributed by atoms with Crippen molar-refractivity contribution >= 4 is 23.6 Å². The summed E-state index contributed by atoms with van der Waals surface area (Å²) >= 11 is 0. The van der Waals surface area contributed by atoms with E-state index in [1.54, 1.807) is 29.2 Å². The highest BCUT2D eigenvalue weighted by atomic mass is 16.2. The Bertz CT molecular complexity index is 1320. The highest BCUT2D eigenvalue weighted by Gasteiger charge is 2.35. The van der Waals surface area contributed by atoms with Crippen LogP contribution in [0.3, 0.4) is 0 Å². The van der Waals surface area contributed by atoms with Crippen LogP contribution in [0.15, 0.2) is 78.9 Å². The van der Waals surface area contributed by atoms with Gasteiger partial charge in [-0.05, 0) is 50.5 Å². The highest BCUT2D eigenvalue weighted by Crippen LogP contribution is 2.23. The second-order valence-corrected chi connectivity index (χ2v) is 10.3. The van der Waals surface area contributed by atoms with Gasteiger partial charge in [-0.15, -0.1) is 0 Å². The van der Waals surface area contributed by atoms with Gasteiger partial charge in [0.05, 0.1) is 11.1 Å². The van der Waals surface area contributed by atoms with Crippen molar-refractivity contribution in [3.05, 3.63) is 107 Å². The van der Waals surface area contributed by atoms with Gasteiger partial charge in [0.25, 0.3) is 11.8 Å². The number of carbonyl (C=O) groups excluding carboxylic acids is 4. The number of aryl methyl sites for hydroxylation is 1. The lowest BCUT2D eigenvalue weighted by Crippen LogP contribution is -2.51. The molecule has 7 nitrogen and oxygen atoms in total. The number of amides is 4. The molecule has 0 fully saturated rings. The van der Waals surface area contributed by atoms with E-state index >= 15 is 0 Å². The first kappa shape index (κ1) is 27.8. The minimum absolute atomic E-state index is 0.0829. The lowest BCUT2D eigenvalue weighted by atomic mass is 10.0. The fourth-order valence-corrected chi connectivity index (χ4v) is 4.92. The summed E-state index contributed by atoms with van der Waals surface area (Å²) in [5, 5.41) is 2.99. The largest absolute Gasteiger partial charge is 0.352 e. The molecule has 1 atom stereocenters. The Hall–Kier alpha value is -4.26. The van der Waals surface area contributed by atoms with Gasteiger partial charge in [0.15, 0.2) is 0 Å². The minimum atomic E-state index is -0.720. The summed E-state index contributed by atoms with van der Waals surface area (Å²) in [6.45, 7) is 6.19. The first-order valence-corrected chi connectivity index (χ1v) is 13.4. The topological polar surface area (TPSA) is 86.8 Å². The fraction of sp³-hybridized carbons (Fsp3) is 0.312. The summed E-state index contributed by atoms with van der Waals surface area (Å²) < 4.78 is 0. The Balaban J connectivity index is 1.54. The molecule has 0 saturated heterocycles. The molecule has 0 aliphatic carbocycles. The molecule has 7 heteroatoms. The molecule has 0 aromatic heterocycles. The summed E-state index contributed by atoms with van der Waals surface area (Å²) in [6.07, 6.45) is 0.771. The Labute approximate surface area is 229 Å². The molecule has 0 radical (unpaired) electrons. The van der Waals surface area contributed by atoms with E-state index in [1.165, 1.54) is 4.90 Å². The number of carbonyl (C=O) groups is 4. The summed E-state index contributed by atoms with van der Waals surface area (Å²) in [7, 11) is 0. The van der Waals surface area contributed by atoms with Crippen LogP contribution in [0.5, 0.6) is 0 Å². The average molecular weight is 526 g/mol. The first-order chi connectivity index (χ1) is 18.7. The van der Waals surface area contributed by atoms with E-state index in [9.17, 15) is 19.2 Å². The van der Waals surface area contributed by atoms with Gasteiger partial charge in [0.1, 0.15) is 6.04 Å². The molecule has 4 rings (SSSR count). The van der Waals surface area contributed by atoms with E-state index in [-0.39, 0.29) is 49.2 Å². The maximum atomic E-state index is 13.8. The third kappa shape index (κ3) is 6.79. The maximum Gasteiger partial charge on any atom is 0.261 e. The van der Waals surface area contributed by atoms with Gasteiger partial charge in [-0.2, -0.15) is 0 Å². The second kappa shape index (κ2) is 12.5. The van der Waals surface area contributed by atoms with Gasteiger partial charge in [-0.3, -0.25) is 24.1 Å². The van der Waals surface area contributed by atoms with Crippen LogP contribution in [-0.4, -0.2) is 52.1 Å². The van der Waals surface area contributed by atoms with Gasteiger partial charge < -0.3 is 10.2 Å². The predicted octanol–water partition coefficient (Wildman–Crippen LogP) is 4.54. The molecular formula is C32H35N3O4. The standard InChI is InChI=1S/C32H35N3O4/c1-22(2)33-30(37)28(20-24-12-5-4-6-13-24)35(21-25-14-9-11-23(3)19-25)29(36)17-10-18-34-31(38)26-15-7-8-16-27(26)32(34)39/h4-9,11-16,19,22,28H,10,17-18,20-21H2,1-3H3,(H,33,37). The smallest absolute Gasteiger partial charge is 0.261 e.